The van der Waals surface area contributed by atoms with Gasteiger partial charge in [-0.2, -0.15) is 0 Å². The number of aliphatic carboxylic acids is 1. The van der Waals surface area contributed by atoms with Crippen LogP contribution in [0.3, 0.4) is 0 Å². The lowest BCUT2D eigenvalue weighted by Crippen LogP contribution is -2.37. The Morgan fingerprint density at radius 2 is 2.05 bits per heavy atom. The van der Waals surface area contributed by atoms with Gasteiger partial charge in [0.25, 0.3) is 0 Å². The second kappa shape index (κ2) is 7.05. The van der Waals surface area contributed by atoms with Crippen LogP contribution in [0.4, 0.5) is 5.69 Å². The molecule has 0 aromatic heterocycles. The molecular formula is C15H20N2O3. The van der Waals surface area contributed by atoms with Gasteiger partial charge in [0.1, 0.15) is 0 Å². The lowest BCUT2D eigenvalue weighted by atomic mass is 9.98. The Bertz CT molecular complexity index is 465. The summed E-state index contributed by atoms with van der Waals surface area (Å²) in [6.45, 7) is 1.73. The first-order valence-electron chi connectivity index (χ1n) is 6.97. The normalized spacial score (nSPS) is 18.5. The Morgan fingerprint density at radius 3 is 2.65 bits per heavy atom. The molecular weight excluding hydrogens is 256 g/mol. The minimum Gasteiger partial charge on any atom is -0.481 e. The third kappa shape index (κ3) is 4.35. The molecule has 0 spiro atoms. The van der Waals surface area contributed by atoms with Crippen molar-refractivity contribution in [2.45, 2.75) is 25.7 Å². The van der Waals surface area contributed by atoms with E-state index in [-0.39, 0.29) is 18.2 Å². The molecule has 1 aliphatic heterocycles. The topological polar surface area (TPSA) is 78.4 Å². The van der Waals surface area contributed by atoms with E-state index in [1.165, 1.54) is 0 Å². The molecule has 3 N–H and O–H groups in total. The van der Waals surface area contributed by atoms with E-state index in [2.05, 4.69) is 10.6 Å². The summed E-state index contributed by atoms with van der Waals surface area (Å²) in [5.41, 5.74) is 1.73. The summed E-state index contributed by atoms with van der Waals surface area (Å²) < 4.78 is 0. The Balaban J connectivity index is 1.86. The Labute approximate surface area is 118 Å². The molecule has 108 valence electrons. The fourth-order valence-corrected chi connectivity index (χ4v) is 2.33. The number of piperidine rings is 1. The number of carbonyl (C=O) groups is 2. The second-order valence-corrected chi connectivity index (χ2v) is 5.12. The molecule has 1 atom stereocenters. The predicted molar refractivity (Wildman–Crippen MR) is 76.6 cm³/mol. The first kappa shape index (κ1) is 14.5. The molecule has 1 aliphatic rings. The Hall–Kier alpha value is -1.88. The first-order chi connectivity index (χ1) is 9.65. The maximum Gasteiger partial charge on any atom is 0.303 e. The molecule has 2 rings (SSSR count). The molecule has 0 saturated carbocycles. The highest BCUT2D eigenvalue weighted by Gasteiger charge is 2.20. The van der Waals surface area contributed by atoms with Crippen molar-refractivity contribution in [3.63, 3.8) is 0 Å². The van der Waals surface area contributed by atoms with Gasteiger partial charge in [-0.05, 0) is 43.5 Å². The van der Waals surface area contributed by atoms with E-state index in [0.29, 0.717) is 6.42 Å². The van der Waals surface area contributed by atoms with Crippen LogP contribution in [0.1, 0.15) is 24.8 Å². The number of carboxylic acid groups (broad SMARTS) is 1. The zero-order valence-corrected chi connectivity index (χ0v) is 11.4. The van der Waals surface area contributed by atoms with E-state index >= 15 is 0 Å². The van der Waals surface area contributed by atoms with Gasteiger partial charge in [0.15, 0.2) is 0 Å². The number of benzene rings is 1. The highest BCUT2D eigenvalue weighted by molar-refractivity contribution is 5.92. The summed E-state index contributed by atoms with van der Waals surface area (Å²) in [4.78, 5) is 22.5. The van der Waals surface area contributed by atoms with Crippen molar-refractivity contribution in [2.75, 3.05) is 18.4 Å². The Morgan fingerprint density at radius 1 is 1.30 bits per heavy atom. The zero-order valence-electron chi connectivity index (χ0n) is 11.4. The monoisotopic (exact) mass is 276 g/mol. The highest BCUT2D eigenvalue weighted by Crippen LogP contribution is 2.15. The third-order valence-corrected chi connectivity index (χ3v) is 3.52. The number of anilines is 1. The van der Waals surface area contributed by atoms with Crippen molar-refractivity contribution in [3.05, 3.63) is 29.8 Å². The van der Waals surface area contributed by atoms with E-state index in [4.69, 9.17) is 5.11 Å². The third-order valence-electron chi connectivity index (χ3n) is 3.52. The molecule has 0 unspecified atom stereocenters. The molecule has 1 heterocycles. The molecule has 1 aromatic rings. The standard InChI is InChI=1S/C15H20N2O3/c18-14(19)8-5-11-3-6-13(7-4-11)17-15(20)12-2-1-9-16-10-12/h3-4,6-7,12,16H,1-2,5,8-10H2,(H,17,20)(H,18,19)/t12-/m1/s1. The maximum absolute atomic E-state index is 12.0. The average Bonchev–Trinajstić information content (AvgIpc) is 2.47. The van der Waals surface area contributed by atoms with E-state index in [1.54, 1.807) is 0 Å². The molecule has 1 amide bonds. The lowest BCUT2D eigenvalue weighted by Gasteiger charge is -2.21. The van der Waals surface area contributed by atoms with E-state index in [0.717, 1.165) is 37.2 Å². The van der Waals surface area contributed by atoms with Crippen molar-refractivity contribution in [2.24, 2.45) is 5.92 Å². The van der Waals surface area contributed by atoms with Gasteiger partial charge in [-0.1, -0.05) is 12.1 Å². The predicted octanol–water partition coefficient (Wildman–Crippen LogP) is 1.64. The largest absolute Gasteiger partial charge is 0.481 e. The van der Waals surface area contributed by atoms with Crippen LogP contribution in [0.25, 0.3) is 0 Å². The molecule has 1 aromatic carbocycles. The minimum absolute atomic E-state index is 0.0374. The van der Waals surface area contributed by atoms with Gasteiger partial charge in [0.05, 0.1) is 5.92 Å². The summed E-state index contributed by atoms with van der Waals surface area (Å²) in [7, 11) is 0. The number of carboxylic acids is 1. The molecule has 20 heavy (non-hydrogen) atoms. The molecule has 5 nitrogen and oxygen atoms in total. The average molecular weight is 276 g/mol. The fraction of sp³-hybridized carbons (Fsp3) is 0.467. The number of rotatable bonds is 5. The van der Waals surface area contributed by atoms with Gasteiger partial charge in [-0.15, -0.1) is 0 Å². The van der Waals surface area contributed by atoms with Gasteiger partial charge < -0.3 is 15.7 Å². The number of nitrogens with one attached hydrogen (secondary N) is 2. The summed E-state index contributed by atoms with van der Waals surface area (Å²) >= 11 is 0. The van der Waals surface area contributed by atoms with E-state index in [9.17, 15) is 9.59 Å². The number of carbonyl (C=O) groups excluding carboxylic acids is 1. The molecule has 5 heteroatoms. The molecule has 0 aliphatic carbocycles. The van der Waals surface area contributed by atoms with Gasteiger partial charge in [0, 0.05) is 18.7 Å². The summed E-state index contributed by atoms with van der Waals surface area (Å²) in [5, 5.41) is 14.8. The summed E-state index contributed by atoms with van der Waals surface area (Å²) in [5.74, 6) is -0.710. The lowest BCUT2D eigenvalue weighted by molar-refractivity contribution is -0.137. The summed E-state index contributed by atoms with van der Waals surface area (Å²) in [6.07, 6.45) is 2.59. The number of hydrogen-bond donors (Lipinski definition) is 3. The van der Waals surface area contributed by atoms with Crippen LogP contribution in [0.2, 0.25) is 0 Å². The van der Waals surface area contributed by atoms with Crippen molar-refractivity contribution in [1.29, 1.82) is 0 Å². The number of hydrogen-bond acceptors (Lipinski definition) is 3. The van der Waals surface area contributed by atoms with Crippen LogP contribution in [0.15, 0.2) is 24.3 Å². The summed E-state index contributed by atoms with van der Waals surface area (Å²) in [6, 6.07) is 7.37. The van der Waals surface area contributed by atoms with Crippen molar-refractivity contribution >= 4 is 17.6 Å². The van der Waals surface area contributed by atoms with Gasteiger partial charge in [-0.25, -0.2) is 0 Å². The molecule has 1 saturated heterocycles. The van der Waals surface area contributed by atoms with E-state index < -0.39 is 5.97 Å². The van der Waals surface area contributed by atoms with Crippen LogP contribution in [0, 0.1) is 5.92 Å². The highest BCUT2D eigenvalue weighted by atomic mass is 16.4. The van der Waals surface area contributed by atoms with Crippen LogP contribution in [-0.4, -0.2) is 30.1 Å². The van der Waals surface area contributed by atoms with Crippen LogP contribution in [0.5, 0.6) is 0 Å². The van der Waals surface area contributed by atoms with Crippen molar-refractivity contribution in [1.82, 2.24) is 5.32 Å². The quantitative estimate of drug-likeness (QED) is 0.764. The smallest absolute Gasteiger partial charge is 0.303 e. The maximum atomic E-state index is 12.0. The fourth-order valence-electron chi connectivity index (χ4n) is 2.33. The second-order valence-electron chi connectivity index (χ2n) is 5.12. The Kier molecular flexibility index (Phi) is 5.12. The molecule has 0 bridgehead atoms. The van der Waals surface area contributed by atoms with Crippen LogP contribution in [-0.2, 0) is 16.0 Å². The van der Waals surface area contributed by atoms with E-state index in [1.807, 2.05) is 24.3 Å². The molecule has 1 fully saturated rings. The van der Waals surface area contributed by atoms with Crippen molar-refractivity contribution < 1.29 is 14.7 Å². The zero-order chi connectivity index (χ0) is 14.4. The SMILES string of the molecule is O=C(O)CCc1ccc(NC(=O)[C@@H]2CCCNC2)cc1. The molecule has 0 radical (unpaired) electrons. The van der Waals surface area contributed by atoms with Gasteiger partial charge >= 0.3 is 5.97 Å². The van der Waals surface area contributed by atoms with Gasteiger partial charge in [-0.3, -0.25) is 9.59 Å². The van der Waals surface area contributed by atoms with Crippen LogP contribution < -0.4 is 10.6 Å². The van der Waals surface area contributed by atoms with Crippen molar-refractivity contribution in [3.8, 4) is 0 Å². The first-order valence-corrected chi connectivity index (χ1v) is 6.97. The number of amides is 1. The van der Waals surface area contributed by atoms with Gasteiger partial charge in [0.2, 0.25) is 5.91 Å². The minimum atomic E-state index is -0.799. The van der Waals surface area contributed by atoms with Crippen LogP contribution >= 0.6 is 0 Å². The number of aryl methyl sites for hydroxylation is 1.